The number of piperidine rings is 2. The molecule has 1 atom stereocenters. The van der Waals surface area contributed by atoms with Crippen LogP contribution in [-0.4, -0.2) is 54.5 Å². The number of carbonyl (C=O) groups is 1. The second-order valence-electron chi connectivity index (χ2n) is 6.23. The lowest BCUT2D eigenvalue weighted by molar-refractivity contribution is -0.144. The number of likely N-dealkylation sites (tertiary alicyclic amines) is 2. The summed E-state index contributed by atoms with van der Waals surface area (Å²) in [7, 11) is 2.13. The summed E-state index contributed by atoms with van der Waals surface area (Å²) in [6.45, 7) is 5.73. The summed E-state index contributed by atoms with van der Waals surface area (Å²) in [5.74, 6) is 0.584. The maximum absolute atomic E-state index is 12.7. The van der Waals surface area contributed by atoms with E-state index in [-0.39, 0.29) is 11.5 Å². The van der Waals surface area contributed by atoms with Crippen LogP contribution in [0.1, 0.15) is 39.0 Å². The second kappa shape index (κ2) is 5.57. The third-order valence-corrected chi connectivity index (χ3v) is 4.77. The Balaban J connectivity index is 2.02. The molecular formula is C14H27N3O. The van der Waals surface area contributed by atoms with Crippen molar-refractivity contribution in [1.29, 1.82) is 0 Å². The number of rotatable bonds is 2. The highest BCUT2D eigenvalue weighted by Gasteiger charge is 2.39. The van der Waals surface area contributed by atoms with Crippen LogP contribution in [0.5, 0.6) is 0 Å². The van der Waals surface area contributed by atoms with Crippen LogP contribution in [0.3, 0.4) is 0 Å². The van der Waals surface area contributed by atoms with Crippen LogP contribution in [0, 0.1) is 5.92 Å². The van der Waals surface area contributed by atoms with Crippen molar-refractivity contribution in [3.63, 3.8) is 0 Å². The zero-order valence-electron chi connectivity index (χ0n) is 11.8. The summed E-state index contributed by atoms with van der Waals surface area (Å²) in [5.41, 5.74) is 5.82. The Morgan fingerprint density at radius 3 is 2.56 bits per heavy atom. The van der Waals surface area contributed by atoms with Gasteiger partial charge in [-0.15, -0.1) is 0 Å². The predicted octanol–water partition coefficient (Wildman–Crippen LogP) is 1.06. The topological polar surface area (TPSA) is 49.6 Å². The van der Waals surface area contributed by atoms with Crippen LogP contribution in [0.15, 0.2) is 0 Å². The molecule has 2 aliphatic rings. The number of nitrogens with two attached hydrogens (primary N) is 1. The third kappa shape index (κ3) is 2.69. The minimum atomic E-state index is -0.0985. The van der Waals surface area contributed by atoms with Gasteiger partial charge in [0.05, 0.1) is 5.54 Å². The van der Waals surface area contributed by atoms with Gasteiger partial charge in [-0.05, 0) is 59.2 Å². The van der Waals surface area contributed by atoms with Crippen molar-refractivity contribution in [3.05, 3.63) is 0 Å². The maximum atomic E-state index is 12.7. The minimum Gasteiger partial charge on any atom is -0.336 e. The fraction of sp³-hybridized carbons (Fsp3) is 0.929. The van der Waals surface area contributed by atoms with E-state index in [1.807, 2.05) is 0 Å². The lowest BCUT2D eigenvalue weighted by atomic mass is 9.85. The molecule has 2 rings (SSSR count). The van der Waals surface area contributed by atoms with E-state index in [2.05, 4.69) is 23.8 Å². The Morgan fingerprint density at radius 2 is 1.94 bits per heavy atom. The summed E-state index contributed by atoms with van der Waals surface area (Å²) in [4.78, 5) is 17.1. The first-order chi connectivity index (χ1) is 8.57. The first-order valence-electron chi connectivity index (χ1n) is 7.27. The Kier molecular flexibility index (Phi) is 4.28. The molecule has 0 aliphatic carbocycles. The SMILES string of the molecule is CN1CCC(C(=O)N2CCCCC2(C)CN)CC1. The van der Waals surface area contributed by atoms with Gasteiger partial charge in [0.15, 0.2) is 0 Å². The van der Waals surface area contributed by atoms with Crippen LogP contribution < -0.4 is 5.73 Å². The Labute approximate surface area is 110 Å². The molecule has 1 amide bonds. The minimum absolute atomic E-state index is 0.0985. The fourth-order valence-electron chi connectivity index (χ4n) is 3.25. The van der Waals surface area contributed by atoms with Gasteiger partial charge in [0.25, 0.3) is 0 Å². The molecule has 2 saturated heterocycles. The second-order valence-corrected chi connectivity index (χ2v) is 6.23. The molecule has 0 aromatic rings. The maximum Gasteiger partial charge on any atom is 0.226 e. The van der Waals surface area contributed by atoms with Gasteiger partial charge < -0.3 is 15.5 Å². The molecule has 0 aromatic heterocycles. The molecule has 2 heterocycles. The van der Waals surface area contributed by atoms with E-state index < -0.39 is 0 Å². The molecule has 4 heteroatoms. The molecule has 2 aliphatic heterocycles. The van der Waals surface area contributed by atoms with E-state index in [1.165, 1.54) is 6.42 Å². The Bertz CT molecular complexity index is 299. The number of hydrogen-bond acceptors (Lipinski definition) is 3. The summed E-state index contributed by atoms with van der Waals surface area (Å²) >= 11 is 0. The molecule has 0 saturated carbocycles. The van der Waals surface area contributed by atoms with Crippen molar-refractivity contribution in [2.24, 2.45) is 11.7 Å². The molecule has 2 fully saturated rings. The molecular weight excluding hydrogens is 226 g/mol. The number of hydrogen-bond donors (Lipinski definition) is 1. The van der Waals surface area contributed by atoms with Gasteiger partial charge in [0, 0.05) is 19.0 Å². The zero-order valence-corrected chi connectivity index (χ0v) is 11.8. The van der Waals surface area contributed by atoms with Crippen LogP contribution in [0.2, 0.25) is 0 Å². The van der Waals surface area contributed by atoms with Crippen LogP contribution >= 0.6 is 0 Å². The number of carbonyl (C=O) groups excluding carboxylic acids is 1. The quantitative estimate of drug-likeness (QED) is 0.800. The van der Waals surface area contributed by atoms with Crippen LogP contribution in [0.4, 0.5) is 0 Å². The van der Waals surface area contributed by atoms with Crippen molar-refractivity contribution < 1.29 is 4.79 Å². The van der Waals surface area contributed by atoms with Gasteiger partial charge in [-0.2, -0.15) is 0 Å². The van der Waals surface area contributed by atoms with Gasteiger partial charge in [-0.3, -0.25) is 4.79 Å². The van der Waals surface area contributed by atoms with Crippen molar-refractivity contribution in [2.45, 2.75) is 44.6 Å². The largest absolute Gasteiger partial charge is 0.336 e. The van der Waals surface area contributed by atoms with Crippen LogP contribution in [-0.2, 0) is 4.79 Å². The molecule has 0 spiro atoms. The normalized spacial score (nSPS) is 31.6. The average Bonchev–Trinajstić information content (AvgIpc) is 2.39. The summed E-state index contributed by atoms with van der Waals surface area (Å²) < 4.78 is 0. The standard InChI is InChI=1S/C14H27N3O/c1-14(11-15)7-3-4-8-17(14)13(18)12-5-9-16(2)10-6-12/h12H,3-11,15H2,1-2H3. The lowest BCUT2D eigenvalue weighted by Crippen LogP contribution is -2.58. The van der Waals surface area contributed by atoms with E-state index in [9.17, 15) is 4.79 Å². The molecule has 1 unspecified atom stereocenters. The zero-order chi connectivity index (χ0) is 13.2. The van der Waals surface area contributed by atoms with Gasteiger partial charge in [-0.25, -0.2) is 0 Å². The van der Waals surface area contributed by atoms with Crippen molar-refractivity contribution in [2.75, 3.05) is 33.2 Å². The molecule has 104 valence electrons. The van der Waals surface area contributed by atoms with E-state index in [0.717, 1.165) is 45.3 Å². The Hall–Kier alpha value is -0.610. The molecule has 0 aromatic carbocycles. The van der Waals surface area contributed by atoms with Crippen molar-refractivity contribution >= 4 is 5.91 Å². The molecule has 2 N–H and O–H groups in total. The Morgan fingerprint density at radius 1 is 1.28 bits per heavy atom. The van der Waals surface area contributed by atoms with Gasteiger partial charge in [0.1, 0.15) is 0 Å². The van der Waals surface area contributed by atoms with E-state index in [4.69, 9.17) is 5.73 Å². The van der Waals surface area contributed by atoms with Gasteiger partial charge in [-0.1, -0.05) is 0 Å². The smallest absolute Gasteiger partial charge is 0.226 e. The van der Waals surface area contributed by atoms with Gasteiger partial charge in [0.2, 0.25) is 5.91 Å². The van der Waals surface area contributed by atoms with Crippen LogP contribution in [0.25, 0.3) is 0 Å². The van der Waals surface area contributed by atoms with E-state index in [1.54, 1.807) is 0 Å². The first-order valence-corrected chi connectivity index (χ1v) is 7.27. The van der Waals surface area contributed by atoms with E-state index in [0.29, 0.717) is 12.5 Å². The van der Waals surface area contributed by atoms with Crippen molar-refractivity contribution in [3.8, 4) is 0 Å². The average molecular weight is 253 g/mol. The molecule has 0 radical (unpaired) electrons. The fourth-order valence-corrected chi connectivity index (χ4v) is 3.25. The summed E-state index contributed by atoms with van der Waals surface area (Å²) in [6, 6.07) is 0. The highest BCUT2D eigenvalue weighted by Crippen LogP contribution is 2.30. The predicted molar refractivity (Wildman–Crippen MR) is 73.2 cm³/mol. The third-order valence-electron chi connectivity index (χ3n) is 4.77. The van der Waals surface area contributed by atoms with Gasteiger partial charge >= 0.3 is 0 Å². The summed E-state index contributed by atoms with van der Waals surface area (Å²) in [5, 5.41) is 0. The van der Waals surface area contributed by atoms with E-state index >= 15 is 0 Å². The monoisotopic (exact) mass is 253 g/mol. The highest BCUT2D eigenvalue weighted by atomic mass is 16.2. The molecule has 4 nitrogen and oxygen atoms in total. The lowest BCUT2D eigenvalue weighted by Gasteiger charge is -2.46. The highest BCUT2D eigenvalue weighted by molar-refractivity contribution is 5.80. The first kappa shape index (κ1) is 13.8. The number of amides is 1. The number of nitrogens with zero attached hydrogens (tertiary/aromatic N) is 2. The van der Waals surface area contributed by atoms with Crippen molar-refractivity contribution in [1.82, 2.24) is 9.80 Å². The molecule has 18 heavy (non-hydrogen) atoms. The summed E-state index contributed by atoms with van der Waals surface area (Å²) in [6.07, 6.45) is 5.40. The molecule has 0 bridgehead atoms.